The first kappa shape index (κ1) is 12.2. The quantitative estimate of drug-likeness (QED) is 0.776. The second-order valence-electron chi connectivity index (χ2n) is 4.33. The van der Waals surface area contributed by atoms with Gasteiger partial charge in [0.25, 0.3) is 0 Å². The highest BCUT2D eigenvalue weighted by Crippen LogP contribution is 2.19. The van der Waals surface area contributed by atoms with Gasteiger partial charge in [-0.1, -0.05) is 37.3 Å². The maximum absolute atomic E-state index is 10.3. The highest BCUT2D eigenvalue weighted by molar-refractivity contribution is 5.21. The van der Waals surface area contributed by atoms with Crippen LogP contribution in [0.15, 0.2) is 30.3 Å². The molecular formula is C13H21NO. The summed E-state index contributed by atoms with van der Waals surface area (Å²) < 4.78 is 0. The Morgan fingerprint density at radius 3 is 2.47 bits per heavy atom. The third-order valence-electron chi connectivity index (χ3n) is 2.80. The zero-order chi connectivity index (χ0) is 11.3. The van der Waals surface area contributed by atoms with Crippen LogP contribution in [0.2, 0.25) is 0 Å². The number of hydrogen-bond donors (Lipinski definition) is 2. The van der Waals surface area contributed by atoms with Crippen molar-refractivity contribution in [2.75, 3.05) is 6.54 Å². The minimum absolute atomic E-state index is 0.445. The second kappa shape index (κ2) is 5.29. The molecule has 1 aromatic rings. The Morgan fingerprint density at radius 1 is 1.33 bits per heavy atom. The molecule has 2 heteroatoms. The maximum Gasteiger partial charge on any atom is 0.0992 e. The molecule has 2 atom stereocenters. The van der Waals surface area contributed by atoms with Crippen molar-refractivity contribution in [2.24, 2.45) is 0 Å². The van der Waals surface area contributed by atoms with Gasteiger partial charge < -0.3 is 10.4 Å². The van der Waals surface area contributed by atoms with Crippen LogP contribution in [-0.2, 0) is 5.60 Å². The van der Waals surface area contributed by atoms with E-state index in [0.29, 0.717) is 12.6 Å². The van der Waals surface area contributed by atoms with Gasteiger partial charge in [0.05, 0.1) is 5.60 Å². The van der Waals surface area contributed by atoms with Crippen molar-refractivity contribution in [3.8, 4) is 0 Å². The maximum atomic E-state index is 10.3. The molecule has 84 valence electrons. The van der Waals surface area contributed by atoms with Crippen LogP contribution < -0.4 is 5.32 Å². The number of nitrogens with one attached hydrogen (secondary N) is 1. The number of rotatable bonds is 5. The summed E-state index contributed by atoms with van der Waals surface area (Å²) >= 11 is 0. The van der Waals surface area contributed by atoms with Crippen LogP contribution >= 0.6 is 0 Å². The fraction of sp³-hybridized carbons (Fsp3) is 0.538. The normalized spacial score (nSPS) is 17.1. The van der Waals surface area contributed by atoms with Gasteiger partial charge in [0.15, 0.2) is 0 Å². The summed E-state index contributed by atoms with van der Waals surface area (Å²) in [5.41, 5.74) is 0.172. The number of aliphatic hydroxyl groups is 1. The molecule has 15 heavy (non-hydrogen) atoms. The van der Waals surface area contributed by atoms with E-state index in [0.717, 1.165) is 12.0 Å². The molecule has 0 aromatic heterocycles. The molecule has 0 amide bonds. The average molecular weight is 207 g/mol. The van der Waals surface area contributed by atoms with Gasteiger partial charge in [0.1, 0.15) is 0 Å². The summed E-state index contributed by atoms with van der Waals surface area (Å²) in [7, 11) is 0. The highest BCUT2D eigenvalue weighted by atomic mass is 16.3. The average Bonchev–Trinajstić information content (AvgIpc) is 2.27. The van der Waals surface area contributed by atoms with Crippen molar-refractivity contribution in [3.63, 3.8) is 0 Å². The van der Waals surface area contributed by atoms with E-state index in [9.17, 15) is 5.11 Å². The van der Waals surface area contributed by atoms with Gasteiger partial charge in [-0.25, -0.2) is 0 Å². The molecule has 0 saturated heterocycles. The molecule has 0 radical (unpaired) electrons. The van der Waals surface area contributed by atoms with Crippen molar-refractivity contribution in [1.82, 2.24) is 5.32 Å². The van der Waals surface area contributed by atoms with Gasteiger partial charge in [-0.3, -0.25) is 0 Å². The molecule has 2 unspecified atom stereocenters. The van der Waals surface area contributed by atoms with E-state index in [1.807, 2.05) is 37.3 Å². The predicted octanol–water partition coefficient (Wildman–Crippen LogP) is 2.28. The van der Waals surface area contributed by atoms with E-state index in [1.54, 1.807) is 0 Å². The molecule has 0 heterocycles. The van der Waals surface area contributed by atoms with Crippen LogP contribution in [0, 0.1) is 0 Å². The summed E-state index contributed by atoms with van der Waals surface area (Å²) in [5.74, 6) is 0. The smallest absolute Gasteiger partial charge is 0.0992 e. The van der Waals surface area contributed by atoms with Crippen LogP contribution in [0.25, 0.3) is 0 Å². The Labute approximate surface area is 92.3 Å². The Morgan fingerprint density at radius 2 is 1.93 bits per heavy atom. The Bertz CT molecular complexity index is 282. The lowest BCUT2D eigenvalue weighted by Gasteiger charge is -2.26. The number of benzene rings is 1. The summed E-state index contributed by atoms with van der Waals surface area (Å²) in [6.07, 6.45) is 1.07. The van der Waals surface area contributed by atoms with E-state index in [2.05, 4.69) is 19.2 Å². The molecule has 0 bridgehead atoms. The standard InChI is InChI=1S/C13H21NO/c1-4-11(2)14-10-13(3,15)12-8-6-5-7-9-12/h5-9,11,14-15H,4,10H2,1-3H3. The van der Waals surface area contributed by atoms with Crippen molar-refractivity contribution in [3.05, 3.63) is 35.9 Å². The number of hydrogen-bond acceptors (Lipinski definition) is 2. The first-order chi connectivity index (χ1) is 7.06. The first-order valence-corrected chi connectivity index (χ1v) is 5.57. The molecule has 0 aliphatic heterocycles. The SMILES string of the molecule is CCC(C)NCC(C)(O)c1ccccc1. The Hall–Kier alpha value is -0.860. The topological polar surface area (TPSA) is 32.3 Å². The van der Waals surface area contributed by atoms with Gasteiger partial charge in [-0.2, -0.15) is 0 Å². The third-order valence-corrected chi connectivity index (χ3v) is 2.80. The Balaban J connectivity index is 2.59. The second-order valence-corrected chi connectivity index (χ2v) is 4.33. The van der Waals surface area contributed by atoms with Crippen LogP contribution in [-0.4, -0.2) is 17.7 Å². The fourth-order valence-corrected chi connectivity index (χ4v) is 1.42. The van der Waals surface area contributed by atoms with Crippen molar-refractivity contribution < 1.29 is 5.11 Å². The minimum Gasteiger partial charge on any atom is -0.384 e. The molecule has 1 rings (SSSR count). The lowest BCUT2D eigenvalue weighted by molar-refractivity contribution is 0.0542. The molecular weight excluding hydrogens is 186 g/mol. The molecule has 0 saturated carbocycles. The van der Waals surface area contributed by atoms with Gasteiger partial charge in [-0.15, -0.1) is 0 Å². The zero-order valence-corrected chi connectivity index (χ0v) is 9.83. The predicted molar refractivity (Wildman–Crippen MR) is 63.8 cm³/mol. The van der Waals surface area contributed by atoms with Crippen LogP contribution in [0.1, 0.15) is 32.8 Å². The lowest BCUT2D eigenvalue weighted by Crippen LogP contribution is -2.39. The van der Waals surface area contributed by atoms with E-state index in [1.165, 1.54) is 0 Å². The van der Waals surface area contributed by atoms with Gasteiger partial charge in [0, 0.05) is 12.6 Å². The summed E-state index contributed by atoms with van der Waals surface area (Å²) in [5, 5.41) is 13.6. The van der Waals surface area contributed by atoms with E-state index in [4.69, 9.17) is 0 Å². The first-order valence-electron chi connectivity index (χ1n) is 5.57. The van der Waals surface area contributed by atoms with E-state index >= 15 is 0 Å². The minimum atomic E-state index is -0.787. The Kier molecular flexibility index (Phi) is 4.30. The van der Waals surface area contributed by atoms with Crippen molar-refractivity contribution >= 4 is 0 Å². The van der Waals surface area contributed by atoms with Crippen molar-refractivity contribution in [1.29, 1.82) is 0 Å². The van der Waals surface area contributed by atoms with Gasteiger partial charge in [-0.05, 0) is 25.8 Å². The molecule has 2 nitrogen and oxygen atoms in total. The lowest BCUT2D eigenvalue weighted by atomic mass is 9.96. The van der Waals surface area contributed by atoms with E-state index < -0.39 is 5.60 Å². The zero-order valence-electron chi connectivity index (χ0n) is 9.83. The summed E-state index contributed by atoms with van der Waals surface area (Å²) in [6.45, 7) is 6.69. The largest absolute Gasteiger partial charge is 0.384 e. The van der Waals surface area contributed by atoms with Crippen LogP contribution in [0.4, 0.5) is 0 Å². The molecule has 2 N–H and O–H groups in total. The van der Waals surface area contributed by atoms with E-state index in [-0.39, 0.29) is 0 Å². The highest BCUT2D eigenvalue weighted by Gasteiger charge is 2.22. The van der Waals surface area contributed by atoms with Crippen molar-refractivity contribution in [2.45, 2.75) is 38.8 Å². The molecule has 0 aliphatic carbocycles. The molecule has 0 fully saturated rings. The summed E-state index contributed by atoms with van der Waals surface area (Å²) in [4.78, 5) is 0. The van der Waals surface area contributed by atoms with Gasteiger partial charge in [0.2, 0.25) is 0 Å². The fourth-order valence-electron chi connectivity index (χ4n) is 1.42. The third kappa shape index (κ3) is 3.65. The summed E-state index contributed by atoms with van der Waals surface area (Å²) in [6, 6.07) is 10.2. The molecule has 0 aliphatic rings. The molecule has 1 aromatic carbocycles. The monoisotopic (exact) mass is 207 g/mol. The van der Waals surface area contributed by atoms with Crippen LogP contribution in [0.3, 0.4) is 0 Å². The molecule has 0 spiro atoms. The van der Waals surface area contributed by atoms with Gasteiger partial charge >= 0.3 is 0 Å². The van der Waals surface area contributed by atoms with Crippen LogP contribution in [0.5, 0.6) is 0 Å².